The van der Waals surface area contributed by atoms with E-state index >= 15 is 0 Å². The molecule has 96 valence electrons. The highest BCUT2D eigenvalue weighted by Crippen LogP contribution is 2.67. The third-order valence-electron chi connectivity index (χ3n) is 4.53. The lowest BCUT2D eigenvalue weighted by molar-refractivity contribution is -0.148. The Balaban J connectivity index is 2.09. The van der Waals surface area contributed by atoms with Crippen molar-refractivity contribution in [3.63, 3.8) is 0 Å². The molecule has 3 nitrogen and oxygen atoms in total. The molecule has 2 aliphatic carbocycles. The van der Waals surface area contributed by atoms with E-state index in [4.69, 9.17) is 9.47 Å². The van der Waals surface area contributed by atoms with Crippen LogP contribution >= 0.6 is 0 Å². The topological polar surface area (TPSA) is 35.5 Å². The van der Waals surface area contributed by atoms with Gasteiger partial charge in [-0.2, -0.15) is 0 Å². The van der Waals surface area contributed by atoms with E-state index in [0.717, 1.165) is 12.8 Å². The monoisotopic (exact) mass is 238 g/mol. The molecule has 2 saturated carbocycles. The highest BCUT2D eigenvalue weighted by molar-refractivity contribution is 5.87. The van der Waals surface area contributed by atoms with Crippen LogP contribution in [0.5, 0.6) is 0 Å². The van der Waals surface area contributed by atoms with Crippen LogP contribution in [0.1, 0.15) is 26.7 Å². The molecule has 0 spiro atoms. The molecule has 0 aromatic carbocycles. The van der Waals surface area contributed by atoms with Crippen molar-refractivity contribution in [2.75, 3.05) is 13.9 Å². The van der Waals surface area contributed by atoms with Crippen molar-refractivity contribution < 1.29 is 14.3 Å². The molecule has 0 heterocycles. The van der Waals surface area contributed by atoms with Gasteiger partial charge in [0.2, 0.25) is 0 Å². The Morgan fingerprint density at radius 2 is 2.24 bits per heavy atom. The Hall–Kier alpha value is -0.670. The van der Waals surface area contributed by atoms with Crippen molar-refractivity contribution in [2.45, 2.75) is 32.8 Å². The van der Waals surface area contributed by atoms with E-state index in [-0.39, 0.29) is 30.0 Å². The summed E-state index contributed by atoms with van der Waals surface area (Å²) in [5, 5.41) is 0. The van der Waals surface area contributed by atoms with E-state index in [1.165, 1.54) is 0 Å². The second kappa shape index (κ2) is 4.54. The second-order valence-electron chi connectivity index (χ2n) is 5.78. The van der Waals surface area contributed by atoms with Crippen molar-refractivity contribution in [1.82, 2.24) is 0 Å². The summed E-state index contributed by atoms with van der Waals surface area (Å²) in [6.45, 7) is 8.47. The van der Waals surface area contributed by atoms with Gasteiger partial charge in [0.25, 0.3) is 0 Å². The van der Waals surface area contributed by atoms with Gasteiger partial charge in [0, 0.05) is 13.0 Å². The van der Waals surface area contributed by atoms with Crippen LogP contribution in [-0.2, 0) is 14.3 Å². The first kappa shape index (κ1) is 12.8. The van der Waals surface area contributed by atoms with Crippen LogP contribution in [0.3, 0.4) is 0 Å². The number of ether oxygens (including phenoxy) is 2. The molecule has 0 bridgehead atoms. The highest BCUT2D eigenvalue weighted by Gasteiger charge is 2.65. The summed E-state index contributed by atoms with van der Waals surface area (Å²) in [4.78, 5) is 12.3. The lowest BCUT2D eigenvalue weighted by Gasteiger charge is -2.26. The molecule has 0 aromatic heterocycles. The average Bonchev–Trinajstić information content (AvgIpc) is 2.82. The lowest BCUT2D eigenvalue weighted by atomic mass is 9.83. The zero-order chi connectivity index (χ0) is 12.6. The highest BCUT2D eigenvalue weighted by atomic mass is 16.7. The predicted molar refractivity (Wildman–Crippen MR) is 65.4 cm³/mol. The van der Waals surface area contributed by atoms with Gasteiger partial charge in [0.1, 0.15) is 12.9 Å². The van der Waals surface area contributed by atoms with Crippen molar-refractivity contribution in [1.29, 1.82) is 0 Å². The summed E-state index contributed by atoms with van der Waals surface area (Å²) in [5.41, 5.74) is 0.286. The van der Waals surface area contributed by atoms with Crippen LogP contribution in [0.25, 0.3) is 0 Å². The maximum Gasteiger partial charge on any atom is 0.165 e. The van der Waals surface area contributed by atoms with Gasteiger partial charge >= 0.3 is 0 Å². The molecule has 17 heavy (non-hydrogen) atoms. The van der Waals surface area contributed by atoms with Crippen molar-refractivity contribution >= 4 is 5.78 Å². The summed E-state index contributed by atoms with van der Waals surface area (Å²) >= 11 is 0. The largest absolute Gasteiger partial charge is 0.359 e. The average molecular weight is 238 g/mol. The van der Waals surface area contributed by atoms with Gasteiger partial charge in [0.05, 0.1) is 0 Å². The molecule has 0 saturated heterocycles. The number of fused-ring (bicyclic) bond motifs is 1. The van der Waals surface area contributed by atoms with Crippen LogP contribution in [-0.4, -0.2) is 25.8 Å². The van der Waals surface area contributed by atoms with E-state index in [9.17, 15) is 4.79 Å². The first-order valence-electron chi connectivity index (χ1n) is 6.29. The molecule has 2 aliphatic rings. The minimum absolute atomic E-state index is 0.100. The fourth-order valence-corrected chi connectivity index (χ4v) is 3.54. The molecular formula is C14H22O3. The van der Waals surface area contributed by atoms with Gasteiger partial charge in [0.15, 0.2) is 5.78 Å². The number of methoxy groups -OCH3 is 1. The van der Waals surface area contributed by atoms with E-state index in [1.807, 2.05) is 6.08 Å². The Morgan fingerprint density at radius 1 is 1.53 bits per heavy atom. The Bertz CT molecular complexity index is 321. The van der Waals surface area contributed by atoms with E-state index in [2.05, 4.69) is 20.4 Å². The smallest absolute Gasteiger partial charge is 0.165 e. The van der Waals surface area contributed by atoms with Crippen LogP contribution in [0.15, 0.2) is 12.7 Å². The zero-order valence-electron chi connectivity index (χ0n) is 10.9. The standard InChI is InChI=1S/C14H22O3/c1-5-6-9-12-10(14(12,2)3)7-11(13(9)15)17-8-16-4/h5,9-12H,1,6-8H2,2-4H3/t9-,10+,11+,12-/m0/s1. The molecule has 0 N–H and O–H groups in total. The molecule has 0 radical (unpaired) electrons. The number of ketones is 1. The second-order valence-corrected chi connectivity index (χ2v) is 5.78. The van der Waals surface area contributed by atoms with Crippen LogP contribution < -0.4 is 0 Å². The summed E-state index contributed by atoms with van der Waals surface area (Å²) in [5.74, 6) is 1.49. The third kappa shape index (κ3) is 2.06. The number of allylic oxidation sites excluding steroid dienone is 1. The van der Waals surface area contributed by atoms with Gasteiger partial charge < -0.3 is 9.47 Å². The number of carbonyl (C=O) groups is 1. The molecule has 4 atom stereocenters. The molecule has 2 fully saturated rings. The Kier molecular flexibility index (Phi) is 3.41. The fraction of sp³-hybridized carbons (Fsp3) is 0.786. The van der Waals surface area contributed by atoms with E-state index in [1.54, 1.807) is 7.11 Å². The first-order valence-corrected chi connectivity index (χ1v) is 6.29. The van der Waals surface area contributed by atoms with Gasteiger partial charge in [-0.05, 0) is 30.1 Å². The molecule has 0 amide bonds. The van der Waals surface area contributed by atoms with E-state index in [0.29, 0.717) is 11.8 Å². The molecule has 2 rings (SSSR count). The number of Topliss-reactive ketones (excluding diaryl/α,β-unsaturated/α-hetero) is 1. The predicted octanol–water partition coefficient (Wildman–Crippen LogP) is 2.41. The summed E-state index contributed by atoms with van der Waals surface area (Å²) in [6, 6.07) is 0. The number of hydrogen-bond donors (Lipinski definition) is 0. The van der Waals surface area contributed by atoms with E-state index < -0.39 is 0 Å². The number of hydrogen-bond acceptors (Lipinski definition) is 3. The fourth-order valence-electron chi connectivity index (χ4n) is 3.54. The molecule has 0 aliphatic heterocycles. The van der Waals surface area contributed by atoms with Gasteiger partial charge in [-0.3, -0.25) is 4.79 Å². The summed E-state index contributed by atoms with van der Waals surface area (Å²) in [6.07, 6.45) is 3.21. The van der Waals surface area contributed by atoms with Gasteiger partial charge in [-0.15, -0.1) is 6.58 Å². The summed E-state index contributed by atoms with van der Waals surface area (Å²) < 4.78 is 10.4. The number of rotatable bonds is 5. The Labute approximate surface area is 103 Å². The molecule has 0 aromatic rings. The van der Waals surface area contributed by atoms with Crippen LogP contribution in [0, 0.1) is 23.2 Å². The SMILES string of the molecule is C=CC[C@@H]1C(=O)[C@H](OCOC)C[C@@H]2[C@H]1C2(C)C. The zero-order valence-corrected chi connectivity index (χ0v) is 10.9. The first-order chi connectivity index (χ1) is 8.04. The van der Waals surface area contributed by atoms with Gasteiger partial charge in [-0.1, -0.05) is 19.9 Å². The lowest BCUT2D eigenvalue weighted by Crippen LogP contribution is -2.36. The third-order valence-corrected chi connectivity index (χ3v) is 4.53. The van der Waals surface area contributed by atoms with Crippen molar-refractivity contribution in [3.8, 4) is 0 Å². The maximum atomic E-state index is 12.3. The maximum absolute atomic E-state index is 12.3. The molecule has 3 heteroatoms. The quantitative estimate of drug-likeness (QED) is 0.545. The summed E-state index contributed by atoms with van der Waals surface area (Å²) in [7, 11) is 1.58. The normalized spacial score (nSPS) is 38.6. The number of carbonyl (C=O) groups excluding carboxylic acids is 1. The Morgan fingerprint density at radius 3 is 2.82 bits per heavy atom. The van der Waals surface area contributed by atoms with Crippen molar-refractivity contribution in [3.05, 3.63) is 12.7 Å². The van der Waals surface area contributed by atoms with Crippen LogP contribution in [0.4, 0.5) is 0 Å². The van der Waals surface area contributed by atoms with Crippen molar-refractivity contribution in [2.24, 2.45) is 23.2 Å². The van der Waals surface area contributed by atoms with Gasteiger partial charge in [-0.25, -0.2) is 0 Å². The molecular weight excluding hydrogens is 216 g/mol. The minimum atomic E-state index is -0.275. The minimum Gasteiger partial charge on any atom is -0.359 e. The molecule has 0 unspecified atom stereocenters. The van der Waals surface area contributed by atoms with Crippen LogP contribution in [0.2, 0.25) is 0 Å².